The van der Waals surface area contributed by atoms with Gasteiger partial charge in [0.25, 0.3) is 0 Å². The maximum atomic E-state index is 12.6. The van der Waals surface area contributed by atoms with Gasteiger partial charge in [-0.1, -0.05) is 6.92 Å². The molecule has 1 amide bonds. The first-order chi connectivity index (χ1) is 11.4. The van der Waals surface area contributed by atoms with Crippen molar-refractivity contribution < 1.29 is 13.2 Å². The summed E-state index contributed by atoms with van der Waals surface area (Å²) < 4.78 is 26.0. The summed E-state index contributed by atoms with van der Waals surface area (Å²) in [5, 5.41) is 10.9. The Balaban J connectivity index is 1.77. The fourth-order valence-electron chi connectivity index (χ4n) is 3.16. The molecule has 2 aromatic rings. The highest BCUT2D eigenvalue weighted by atomic mass is 32.2. The van der Waals surface area contributed by atoms with Crippen LogP contribution in [0.5, 0.6) is 0 Å². The average Bonchev–Trinajstić information content (AvgIpc) is 3.15. The van der Waals surface area contributed by atoms with Gasteiger partial charge in [0.1, 0.15) is 6.04 Å². The Labute approximate surface area is 141 Å². The molecule has 8 heteroatoms. The van der Waals surface area contributed by atoms with Crippen LogP contribution >= 0.6 is 0 Å². The number of nitrogens with zero attached hydrogens (tertiary/aromatic N) is 2. The van der Waals surface area contributed by atoms with Crippen molar-refractivity contribution in [2.45, 2.75) is 39.2 Å². The summed E-state index contributed by atoms with van der Waals surface area (Å²) in [5.41, 5.74) is 2.36. The van der Waals surface area contributed by atoms with Crippen LogP contribution in [0.1, 0.15) is 31.9 Å². The lowest BCUT2D eigenvalue weighted by Gasteiger charge is -2.23. The Hall–Kier alpha value is -1.93. The van der Waals surface area contributed by atoms with Crippen molar-refractivity contribution in [3.05, 3.63) is 23.9 Å². The molecule has 1 atom stereocenters. The van der Waals surface area contributed by atoms with Gasteiger partial charge in [-0.3, -0.25) is 9.89 Å². The van der Waals surface area contributed by atoms with Crippen molar-refractivity contribution in [2.75, 3.05) is 17.6 Å². The molecule has 1 aromatic carbocycles. The maximum absolute atomic E-state index is 12.6. The van der Waals surface area contributed by atoms with Gasteiger partial charge in [-0.05, 0) is 44.4 Å². The van der Waals surface area contributed by atoms with Crippen LogP contribution in [0.3, 0.4) is 0 Å². The van der Waals surface area contributed by atoms with E-state index >= 15 is 0 Å². The fraction of sp³-hybridized carbons (Fsp3) is 0.500. The van der Waals surface area contributed by atoms with E-state index in [2.05, 4.69) is 15.5 Å². The third-order valence-corrected chi connectivity index (χ3v) is 6.41. The SMILES string of the molecule is CCCS(=O)(=O)N1CCCC1C(=O)Nc1ccc2c(C)[nH]nc2c1. The number of amides is 1. The van der Waals surface area contributed by atoms with Gasteiger partial charge in [-0.25, -0.2) is 8.42 Å². The predicted molar refractivity (Wildman–Crippen MR) is 93.3 cm³/mol. The molecule has 3 rings (SSSR count). The summed E-state index contributed by atoms with van der Waals surface area (Å²) in [6, 6.07) is 4.86. The summed E-state index contributed by atoms with van der Waals surface area (Å²) in [4.78, 5) is 12.6. The number of aryl methyl sites for hydroxylation is 1. The van der Waals surface area contributed by atoms with Gasteiger partial charge >= 0.3 is 0 Å². The van der Waals surface area contributed by atoms with Gasteiger partial charge in [-0.15, -0.1) is 0 Å². The summed E-state index contributed by atoms with van der Waals surface area (Å²) in [7, 11) is -3.37. The molecule has 0 bridgehead atoms. The van der Waals surface area contributed by atoms with Crippen LogP contribution in [0.2, 0.25) is 0 Å². The molecule has 1 unspecified atom stereocenters. The minimum Gasteiger partial charge on any atom is -0.325 e. The molecule has 0 saturated carbocycles. The van der Waals surface area contributed by atoms with E-state index in [0.717, 1.165) is 16.6 Å². The standard InChI is InChI=1S/C16H22N4O3S/c1-3-9-24(22,23)20-8-4-5-15(20)16(21)17-12-6-7-13-11(2)18-19-14(13)10-12/h6-7,10,15H,3-5,8-9H2,1-2H3,(H,17,21)(H,18,19). The molecule has 0 radical (unpaired) electrons. The highest BCUT2D eigenvalue weighted by molar-refractivity contribution is 7.89. The minimum absolute atomic E-state index is 0.0787. The number of sulfonamides is 1. The largest absolute Gasteiger partial charge is 0.325 e. The summed E-state index contributed by atoms with van der Waals surface area (Å²) in [6.45, 7) is 4.17. The molecule has 1 aliphatic heterocycles. The molecule has 2 N–H and O–H groups in total. The zero-order chi connectivity index (χ0) is 17.3. The van der Waals surface area contributed by atoms with Gasteiger partial charge in [0, 0.05) is 23.3 Å². The quantitative estimate of drug-likeness (QED) is 0.862. The number of fused-ring (bicyclic) bond motifs is 1. The second-order valence-electron chi connectivity index (χ2n) is 6.15. The van der Waals surface area contributed by atoms with Gasteiger partial charge in [0.15, 0.2) is 0 Å². The van der Waals surface area contributed by atoms with Crippen LogP contribution in [-0.4, -0.2) is 47.2 Å². The smallest absolute Gasteiger partial charge is 0.242 e. The first-order valence-corrected chi connectivity index (χ1v) is 9.78. The number of H-pyrrole nitrogens is 1. The Morgan fingerprint density at radius 2 is 2.25 bits per heavy atom. The first kappa shape index (κ1) is 16.9. The van der Waals surface area contributed by atoms with Gasteiger partial charge in [0.05, 0.1) is 11.3 Å². The fourth-order valence-corrected chi connectivity index (χ4v) is 4.91. The van der Waals surface area contributed by atoms with Crippen molar-refractivity contribution >= 4 is 32.5 Å². The van der Waals surface area contributed by atoms with E-state index in [0.29, 0.717) is 31.5 Å². The Morgan fingerprint density at radius 1 is 1.46 bits per heavy atom. The molecule has 1 aromatic heterocycles. The van der Waals surface area contributed by atoms with E-state index in [4.69, 9.17) is 0 Å². The zero-order valence-electron chi connectivity index (χ0n) is 13.9. The number of hydrogen-bond acceptors (Lipinski definition) is 4. The zero-order valence-corrected chi connectivity index (χ0v) is 14.7. The lowest BCUT2D eigenvalue weighted by atomic mass is 10.2. The Bertz CT molecular complexity index is 859. The molecular formula is C16H22N4O3S. The molecule has 1 fully saturated rings. The normalized spacial score (nSPS) is 19.0. The maximum Gasteiger partial charge on any atom is 0.242 e. The van der Waals surface area contributed by atoms with Gasteiger partial charge < -0.3 is 5.32 Å². The third-order valence-electron chi connectivity index (χ3n) is 4.34. The second kappa shape index (κ2) is 6.52. The minimum atomic E-state index is -3.37. The number of hydrogen-bond donors (Lipinski definition) is 2. The van der Waals surface area contributed by atoms with E-state index < -0.39 is 16.1 Å². The molecule has 2 heterocycles. The Kier molecular flexibility index (Phi) is 4.60. The topological polar surface area (TPSA) is 95.2 Å². The number of aromatic nitrogens is 2. The van der Waals surface area contributed by atoms with Crippen LogP contribution in [0.15, 0.2) is 18.2 Å². The summed E-state index contributed by atoms with van der Waals surface area (Å²) in [5.74, 6) is -0.200. The van der Waals surface area contributed by atoms with Gasteiger partial charge in [-0.2, -0.15) is 9.40 Å². The number of rotatable bonds is 5. The monoisotopic (exact) mass is 350 g/mol. The number of carbonyl (C=O) groups excluding carboxylic acids is 1. The van der Waals surface area contributed by atoms with Crippen molar-refractivity contribution in [1.82, 2.24) is 14.5 Å². The number of aromatic amines is 1. The van der Waals surface area contributed by atoms with E-state index in [1.165, 1.54) is 4.31 Å². The predicted octanol–water partition coefficient (Wildman–Crippen LogP) is 2.01. The highest BCUT2D eigenvalue weighted by Gasteiger charge is 2.38. The molecule has 0 spiro atoms. The second-order valence-corrected chi connectivity index (χ2v) is 8.20. The molecular weight excluding hydrogens is 328 g/mol. The highest BCUT2D eigenvalue weighted by Crippen LogP contribution is 2.24. The molecule has 130 valence electrons. The van der Waals surface area contributed by atoms with Crippen molar-refractivity contribution in [1.29, 1.82) is 0 Å². The number of anilines is 1. The van der Waals surface area contributed by atoms with Crippen LogP contribution in [0, 0.1) is 6.92 Å². The molecule has 1 aliphatic rings. The van der Waals surface area contributed by atoms with E-state index in [1.54, 1.807) is 6.07 Å². The lowest BCUT2D eigenvalue weighted by molar-refractivity contribution is -0.119. The van der Waals surface area contributed by atoms with Crippen molar-refractivity contribution in [3.8, 4) is 0 Å². The van der Waals surface area contributed by atoms with Crippen LogP contribution in [0.4, 0.5) is 5.69 Å². The first-order valence-electron chi connectivity index (χ1n) is 8.17. The molecule has 1 saturated heterocycles. The Morgan fingerprint density at radius 3 is 3.00 bits per heavy atom. The van der Waals surface area contributed by atoms with E-state index in [9.17, 15) is 13.2 Å². The average molecular weight is 350 g/mol. The number of benzene rings is 1. The summed E-state index contributed by atoms with van der Waals surface area (Å²) in [6.07, 6.45) is 1.81. The van der Waals surface area contributed by atoms with Crippen LogP contribution in [0.25, 0.3) is 10.9 Å². The van der Waals surface area contributed by atoms with Crippen LogP contribution in [-0.2, 0) is 14.8 Å². The van der Waals surface area contributed by atoms with E-state index in [-0.39, 0.29) is 11.7 Å². The molecule has 0 aliphatic carbocycles. The number of carbonyl (C=O) groups is 1. The summed E-state index contributed by atoms with van der Waals surface area (Å²) >= 11 is 0. The van der Waals surface area contributed by atoms with Crippen molar-refractivity contribution in [2.24, 2.45) is 0 Å². The number of nitrogens with one attached hydrogen (secondary N) is 2. The molecule has 24 heavy (non-hydrogen) atoms. The third kappa shape index (κ3) is 3.16. The lowest BCUT2D eigenvalue weighted by Crippen LogP contribution is -2.44. The van der Waals surface area contributed by atoms with E-state index in [1.807, 2.05) is 26.0 Å². The van der Waals surface area contributed by atoms with Gasteiger partial charge in [0.2, 0.25) is 15.9 Å². The van der Waals surface area contributed by atoms with Crippen molar-refractivity contribution in [3.63, 3.8) is 0 Å². The molecule has 7 nitrogen and oxygen atoms in total. The van der Waals surface area contributed by atoms with Crippen LogP contribution < -0.4 is 5.32 Å².